The molecule has 2 heteroatoms. The average molecular weight is 125 g/mol. The number of rotatable bonds is 1. The molecule has 0 atom stereocenters. The summed E-state index contributed by atoms with van der Waals surface area (Å²) in [7, 11) is 0. The fourth-order valence-electron chi connectivity index (χ4n) is 0. The van der Waals surface area contributed by atoms with Gasteiger partial charge < -0.3 is 0 Å². The van der Waals surface area contributed by atoms with E-state index in [0.29, 0.717) is 0 Å². The van der Waals surface area contributed by atoms with E-state index in [1.54, 1.807) is 0 Å². The van der Waals surface area contributed by atoms with Crippen molar-refractivity contribution in [2.45, 2.75) is 27.2 Å². The summed E-state index contributed by atoms with van der Waals surface area (Å²) in [6, 6.07) is 0. The highest BCUT2D eigenvalue weighted by Gasteiger charge is 1.80. The van der Waals surface area contributed by atoms with Gasteiger partial charge in [0.05, 0.1) is 11.9 Å². The fourth-order valence-corrected chi connectivity index (χ4v) is 0. The van der Waals surface area contributed by atoms with E-state index in [1.807, 2.05) is 0 Å². The molecule has 0 spiro atoms. The summed E-state index contributed by atoms with van der Waals surface area (Å²) < 4.78 is 6.47. The molecule has 0 aliphatic heterocycles. The normalized spacial score (nSPS) is 7.71. The van der Waals surface area contributed by atoms with Crippen molar-refractivity contribution in [3.63, 3.8) is 0 Å². The van der Waals surface area contributed by atoms with Gasteiger partial charge in [0.2, 0.25) is 0 Å². The maximum atomic E-state index is 6.47. The zero-order valence-electron chi connectivity index (χ0n) is 5.11. The Labute approximate surface area is 50.5 Å². The Balaban J connectivity index is 0. The lowest BCUT2D eigenvalue weighted by Gasteiger charge is -1.90. The second-order valence-electron chi connectivity index (χ2n) is 1.80. The number of halogens is 1. The van der Waals surface area contributed by atoms with Gasteiger partial charge in [0.15, 0.2) is 0 Å². The van der Waals surface area contributed by atoms with E-state index in [4.69, 9.17) is 4.66 Å². The summed E-state index contributed by atoms with van der Waals surface area (Å²) in [6.07, 6.45) is 1.31. The van der Waals surface area contributed by atoms with Gasteiger partial charge in [-0.05, 0) is 5.92 Å². The molecular formula is C5H13ClO. The van der Waals surface area contributed by atoms with E-state index in [9.17, 15) is 0 Å². The van der Waals surface area contributed by atoms with Gasteiger partial charge in [-0.1, -0.05) is 27.2 Å². The first-order chi connectivity index (χ1) is 3.27. The van der Waals surface area contributed by atoms with Crippen molar-refractivity contribution in [1.29, 1.82) is 0 Å². The minimum absolute atomic E-state index is 0.884. The van der Waals surface area contributed by atoms with Crippen LogP contribution >= 0.6 is 11.9 Å². The molecule has 7 heavy (non-hydrogen) atoms. The van der Waals surface area contributed by atoms with E-state index >= 15 is 0 Å². The van der Waals surface area contributed by atoms with Crippen LogP contribution in [0.25, 0.3) is 0 Å². The summed E-state index contributed by atoms with van der Waals surface area (Å²) in [5.41, 5.74) is 0. The van der Waals surface area contributed by atoms with E-state index in [1.165, 1.54) is 6.42 Å². The Hall–Kier alpha value is 0.250. The van der Waals surface area contributed by atoms with E-state index in [0.717, 1.165) is 5.92 Å². The molecule has 0 amide bonds. The molecule has 1 nitrogen and oxygen atoms in total. The molecule has 46 valence electrons. The maximum Gasteiger partial charge on any atom is 0.0579 e. The molecule has 0 bridgehead atoms. The second-order valence-corrected chi connectivity index (χ2v) is 1.80. The molecule has 0 saturated carbocycles. The lowest BCUT2D eigenvalue weighted by molar-refractivity contribution is 0.626. The third-order valence-corrected chi connectivity index (χ3v) is 0.816. The minimum atomic E-state index is 0.884. The van der Waals surface area contributed by atoms with Gasteiger partial charge in [0.1, 0.15) is 0 Å². The van der Waals surface area contributed by atoms with Crippen LogP contribution in [0, 0.1) is 5.92 Å². The first kappa shape index (κ1) is 10.3. The fraction of sp³-hybridized carbons (Fsp3) is 1.00. The van der Waals surface area contributed by atoms with Crippen molar-refractivity contribution < 1.29 is 4.66 Å². The maximum absolute atomic E-state index is 6.47. The standard InChI is InChI=1S/C5H12.ClHO/c1-4-5(2)3;1-2/h5H,4H2,1-3H3;2H. The Kier molecular flexibility index (Phi) is 14.0. The van der Waals surface area contributed by atoms with Crippen LogP contribution in [-0.4, -0.2) is 4.66 Å². The van der Waals surface area contributed by atoms with Crippen molar-refractivity contribution >= 4 is 11.9 Å². The molecule has 0 aliphatic rings. The molecule has 0 aromatic rings. The Bertz CT molecular complexity index is 22.0. The van der Waals surface area contributed by atoms with Crippen LogP contribution in [0.5, 0.6) is 0 Å². The zero-order chi connectivity index (χ0) is 6.28. The summed E-state index contributed by atoms with van der Waals surface area (Å²) in [5, 5.41) is 0. The van der Waals surface area contributed by atoms with Gasteiger partial charge in [-0.3, -0.25) is 4.66 Å². The smallest absolute Gasteiger partial charge is 0.0579 e. The number of hydrogen-bond donors (Lipinski definition) is 1. The van der Waals surface area contributed by atoms with E-state index in [-0.39, 0.29) is 0 Å². The largest absolute Gasteiger partial charge is 0.295 e. The van der Waals surface area contributed by atoms with Gasteiger partial charge in [-0.25, -0.2) is 0 Å². The van der Waals surface area contributed by atoms with Gasteiger partial charge >= 0.3 is 0 Å². The third kappa shape index (κ3) is 22.3. The molecule has 0 unspecified atom stereocenters. The van der Waals surface area contributed by atoms with E-state index < -0.39 is 0 Å². The van der Waals surface area contributed by atoms with Crippen LogP contribution in [0.15, 0.2) is 0 Å². The minimum Gasteiger partial charge on any atom is -0.295 e. The highest BCUT2D eigenvalue weighted by atomic mass is 35.5. The summed E-state index contributed by atoms with van der Waals surface area (Å²) in [5.74, 6) is 0.884. The molecule has 0 heterocycles. The van der Waals surface area contributed by atoms with Crippen molar-refractivity contribution in [2.24, 2.45) is 5.92 Å². The zero-order valence-corrected chi connectivity index (χ0v) is 5.87. The molecule has 0 saturated heterocycles. The van der Waals surface area contributed by atoms with Crippen LogP contribution in [0.4, 0.5) is 0 Å². The Morgan fingerprint density at radius 1 is 1.43 bits per heavy atom. The predicted molar refractivity (Wildman–Crippen MR) is 33.2 cm³/mol. The van der Waals surface area contributed by atoms with E-state index in [2.05, 4.69) is 32.6 Å². The third-order valence-electron chi connectivity index (χ3n) is 0.816. The molecular weight excluding hydrogens is 112 g/mol. The SMILES string of the molecule is CCC(C)C.OCl. The van der Waals surface area contributed by atoms with Crippen LogP contribution in [0.3, 0.4) is 0 Å². The van der Waals surface area contributed by atoms with Crippen molar-refractivity contribution in [3.8, 4) is 0 Å². The van der Waals surface area contributed by atoms with Crippen molar-refractivity contribution in [1.82, 2.24) is 0 Å². The first-order valence-electron chi connectivity index (χ1n) is 2.44. The summed E-state index contributed by atoms with van der Waals surface area (Å²) >= 11 is 3.64. The lowest BCUT2D eigenvalue weighted by Crippen LogP contribution is -1.77. The van der Waals surface area contributed by atoms with Gasteiger partial charge in [0, 0.05) is 0 Å². The number of hydrogen-bond acceptors (Lipinski definition) is 1. The van der Waals surface area contributed by atoms with Crippen LogP contribution in [-0.2, 0) is 0 Å². The molecule has 0 radical (unpaired) electrons. The molecule has 1 N–H and O–H groups in total. The van der Waals surface area contributed by atoms with Crippen molar-refractivity contribution in [3.05, 3.63) is 0 Å². The van der Waals surface area contributed by atoms with Gasteiger partial charge in [-0.15, -0.1) is 0 Å². The summed E-state index contributed by atoms with van der Waals surface area (Å²) in [4.78, 5) is 0. The molecule has 0 fully saturated rings. The monoisotopic (exact) mass is 124 g/mol. The Morgan fingerprint density at radius 3 is 1.57 bits per heavy atom. The highest BCUT2D eigenvalue weighted by molar-refractivity contribution is 6.04. The molecule has 0 aromatic carbocycles. The molecule has 0 aromatic heterocycles. The highest BCUT2D eigenvalue weighted by Crippen LogP contribution is 1.93. The predicted octanol–water partition coefficient (Wildman–Crippen LogP) is 2.18. The molecule has 0 aliphatic carbocycles. The second kappa shape index (κ2) is 9.54. The van der Waals surface area contributed by atoms with Crippen LogP contribution < -0.4 is 0 Å². The van der Waals surface area contributed by atoms with Crippen LogP contribution in [0.2, 0.25) is 0 Å². The lowest BCUT2D eigenvalue weighted by atomic mass is 10.2. The van der Waals surface area contributed by atoms with Gasteiger partial charge in [-0.2, -0.15) is 0 Å². The Morgan fingerprint density at radius 2 is 1.57 bits per heavy atom. The van der Waals surface area contributed by atoms with Gasteiger partial charge in [0.25, 0.3) is 0 Å². The topological polar surface area (TPSA) is 20.2 Å². The van der Waals surface area contributed by atoms with Crippen molar-refractivity contribution in [2.75, 3.05) is 0 Å². The molecule has 0 rings (SSSR count). The summed E-state index contributed by atoms with van der Waals surface area (Å²) in [6.45, 7) is 6.64. The average Bonchev–Trinajstić information content (AvgIpc) is 1.73. The van der Waals surface area contributed by atoms with Crippen LogP contribution in [0.1, 0.15) is 27.2 Å². The first-order valence-corrected chi connectivity index (χ1v) is 2.78. The quantitative estimate of drug-likeness (QED) is 0.568.